The highest BCUT2D eigenvalue weighted by molar-refractivity contribution is 5.80. The molecule has 2 N–H and O–H groups in total. The molecule has 2 fully saturated rings. The minimum Gasteiger partial charge on any atom is -0.497 e. The van der Waals surface area contributed by atoms with Crippen LogP contribution in [-0.4, -0.2) is 74.7 Å². The average molecular weight is 430 g/mol. The maximum absolute atomic E-state index is 5.26. The minimum absolute atomic E-state index is 0.553. The number of hydrogen-bond donors (Lipinski definition) is 2. The van der Waals surface area contributed by atoms with E-state index in [0.29, 0.717) is 12.0 Å². The summed E-state index contributed by atoms with van der Waals surface area (Å²) in [5, 5.41) is 7.16. The van der Waals surface area contributed by atoms with Crippen LogP contribution in [0.2, 0.25) is 0 Å². The molecule has 0 bridgehead atoms. The van der Waals surface area contributed by atoms with Crippen LogP contribution in [0, 0.1) is 5.92 Å². The average Bonchev–Trinajstić information content (AvgIpc) is 2.80. The van der Waals surface area contributed by atoms with Crippen LogP contribution in [0.5, 0.6) is 5.75 Å². The Labute approximate surface area is 189 Å². The first-order valence-electron chi connectivity index (χ1n) is 12.3. The van der Waals surface area contributed by atoms with Crippen molar-refractivity contribution in [1.29, 1.82) is 0 Å². The maximum Gasteiger partial charge on any atom is 0.191 e. The summed E-state index contributed by atoms with van der Waals surface area (Å²) in [7, 11) is 1.72. The van der Waals surface area contributed by atoms with Gasteiger partial charge in [0.2, 0.25) is 0 Å². The van der Waals surface area contributed by atoms with Gasteiger partial charge >= 0.3 is 0 Å². The molecule has 1 aromatic carbocycles. The van der Waals surface area contributed by atoms with Gasteiger partial charge in [0.1, 0.15) is 5.75 Å². The van der Waals surface area contributed by atoms with Crippen LogP contribution in [-0.2, 0) is 6.54 Å². The van der Waals surface area contributed by atoms with Crippen molar-refractivity contribution in [2.75, 3.05) is 52.9 Å². The number of benzene rings is 1. The fourth-order valence-electron chi connectivity index (χ4n) is 4.67. The molecule has 2 aliphatic rings. The zero-order valence-corrected chi connectivity index (χ0v) is 19.9. The van der Waals surface area contributed by atoms with Crippen molar-refractivity contribution in [3.05, 3.63) is 29.8 Å². The molecule has 0 atom stereocenters. The van der Waals surface area contributed by atoms with Gasteiger partial charge in [0.15, 0.2) is 5.96 Å². The van der Waals surface area contributed by atoms with Gasteiger partial charge in [0.05, 0.1) is 7.11 Å². The second kappa shape index (κ2) is 12.9. The van der Waals surface area contributed by atoms with E-state index in [1.807, 2.05) is 0 Å². The van der Waals surface area contributed by atoms with Crippen LogP contribution in [0.1, 0.15) is 51.5 Å². The molecule has 0 radical (unpaired) electrons. The standard InChI is InChI=1S/C25H43N5O/c1-4-14-29-17-12-23(13-18-29)28-25(26-5-2)27-19-21-10-15-30(16-11-21)20-22-6-8-24(31-3)9-7-22/h6-9,21,23H,4-5,10-20H2,1-3H3,(H2,26,27,28). The molecule has 0 aromatic heterocycles. The quantitative estimate of drug-likeness (QED) is 0.466. The molecule has 6 heteroatoms. The summed E-state index contributed by atoms with van der Waals surface area (Å²) in [4.78, 5) is 10.1. The summed E-state index contributed by atoms with van der Waals surface area (Å²) in [6.07, 6.45) is 6.15. The Morgan fingerprint density at radius 2 is 1.68 bits per heavy atom. The zero-order valence-electron chi connectivity index (χ0n) is 19.9. The van der Waals surface area contributed by atoms with Gasteiger partial charge in [-0.15, -0.1) is 0 Å². The lowest BCUT2D eigenvalue weighted by Gasteiger charge is -2.33. The summed E-state index contributed by atoms with van der Waals surface area (Å²) in [5.74, 6) is 2.63. The molecule has 2 aliphatic heterocycles. The molecule has 0 aliphatic carbocycles. The van der Waals surface area contributed by atoms with Gasteiger partial charge in [-0.3, -0.25) is 9.89 Å². The number of aliphatic imine (C=N–C) groups is 1. The van der Waals surface area contributed by atoms with E-state index in [0.717, 1.165) is 44.4 Å². The van der Waals surface area contributed by atoms with Crippen molar-refractivity contribution in [2.24, 2.45) is 10.9 Å². The van der Waals surface area contributed by atoms with Crippen LogP contribution in [0.15, 0.2) is 29.3 Å². The van der Waals surface area contributed by atoms with E-state index >= 15 is 0 Å². The predicted octanol–water partition coefficient (Wildman–Crippen LogP) is 3.34. The number of hydrogen-bond acceptors (Lipinski definition) is 4. The molecule has 2 heterocycles. The first kappa shape index (κ1) is 23.9. The lowest BCUT2D eigenvalue weighted by molar-refractivity contribution is 0.180. The predicted molar refractivity (Wildman–Crippen MR) is 130 cm³/mol. The molecule has 0 spiro atoms. The number of nitrogens with zero attached hydrogens (tertiary/aromatic N) is 3. The lowest BCUT2D eigenvalue weighted by atomic mass is 9.96. The van der Waals surface area contributed by atoms with Crippen molar-refractivity contribution >= 4 is 5.96 Å². The third-order valence-corrected chi connectivity index (χ3v) is 6.59. The van der Waals surface area contributed by atoms with Gasteiger partial charge in [-0.2, -0.15) is 0 Å². The van der Waals surface area contributed by atoms with E-state index in [1.54, 1.807) is 7.11 Å². The van der Waals surface area contributed by atoms with E-state index < -0.39 is 0 Å². The number of rotatable bonds is 9. The van der Waals surface area contributed by atoms with Gasteiger partial charge in [-0.25, -0.2) is 0 Å². The molecular formula is C25H43N5O. The van der Waals surface area contributed by atoms with Gasteiger partial charge in [0.25, 0.3) is 0 Å². The smallest absolute Gasteiger partial charge is 0.191 e. The van der Waals surface area contributed by atoms with Crippen LogP contribution in [0.3, 0.4) is 0 Å². The van der Waals surface area contributed by atoms with E-state index in [1.165, 1.54) is 57.3 Å². The molecular weight excluding hydrogens is 386 g/mol. The second-order valence-corrected chi connectivity index (χ2v) is 9.05. The van der Waals surface area contributed by atoms with Gasteiger partial charge in [-0.05, 0) is 82.3 Å². The SMILES string of the molecule is CCCN1CCC(NC(=NCC2CCN(Cc3ccc(OC)cc3)CC2)NCC)CC1. The van der Waals surface area contributed by atoms with E-state index in [4.69, 9.17) is 9.73 Å². The van der Waals surface area contributed by atoms with Gasteiger partial charge in [-0.1, -0.05) is 19.1 Å². The Kier molecular flexibility index (Phi) is 9.94. The Balaban J connectivity index is 1.40. The molecule has 1 aromatic rings. The molecule has 3 rings (SSSR count). The first-order chi connectivity index (χ1) is 15.2. The Morgan fingerprint density at radius 3 is 2.29 bits per heavy atom. The highest BCUT2D eigenvalue weighted by Gasteiger charge is 2.21. The molecule has 31 heavy (non-hydrogen) atoms. The van der Waals surface area contributed by atoms with Crippen LogP contribution in [0.25, 0.3) is 0 Å². The van der Waals surface area contributed by atoms with Crippen LogP contribution < -0.4 is 15.4 Å². The van der Waals surface area contributed by atoms with E-state index in [-0.39, 0.29) is 0 Å². The Bertz CT molecular complexity index is 646. The third-order valence-electron chi connectivity index (χ3n) is 6.59. The maximum atomic E-state index is 5.26. The minimum atomic E-state index is 0.553. The summed E-state index contributed by atoms with van der Waals surface area (Å²) in [6, 6.07) is 9.02. The Morgan fingerprint density at radius 1 is 1.00 bits per heavy atom. The highest BCUT2D eigenvalue weighted by atomic mass is 16.5. The molecule has 6 nitrogen and oxygen atoms in total. The monoisotopic (exact) mass is 429 g/mol. The normalized spacial score (nSPS) is 20.0. The van der Waals surface area contributed by atoms with Crippen LogP contribution in [0.4, 0.5) is 0 Å². The largest absolute Gasteiger partial charge is 0.497 e. The number of guanidine groups is 1. The first-order valence-corrected chi connectivity index (χ1v) is 12.3. The van der Waals surface area contributed by atoms with Crippen molar-refractivity contribution in [3.8, 4) is 5.75 Å². The van der Waals surface area contributed by atoms with Crippen molar-refractivity contribution in [1.82, 2.24) is 20.4 Å². The summed E-state index contributed by atoms with van der Waals surface area (Å²) in [6.45, 7) is 13.3. The topological polar surface area (TPSA) is 52.1 Å². The molecule has 0 amide bonds. The molecule has 0 unspecified atom stereocenters. The molecule has 2 saturated heterocycles. The third kappa shape index (κ3) is 8.00. The van der Waals surface area contributed by atoms with Crippen LogP contribution >= 0.6 is 0 Å². The number of nitrogens with one attached hydrogen (secondary N) is 2. The fraction of sp³-hybridized carbons (Fsp3) is 0.720. The van der Waals surface area contributed by atoms with Crippen molar-refractivity contribution in [2.45, 2.75) is 58.5 Å². The number of ether oxygens (including phenoxy) is 1. The molecule has 174 valence electrons. The summed E-state index contributed by atoms with van der Waals surface area (Å²) < 4.78 is 5.26. The fourth-order valence-corrected chi connectivity index (χ4v) is 4.67. The van der Waals surface area contributed by atoms with E-state index in [9.17, 15) is 0 Å². The van der Waals surface area contributed by atoms with Crippen molar-refractivity contribution in [3.63, 3.8) is 0 Å². The molecule has 0 saturated carbocycles. The number of piperidine rings is 2. The number of methoxy groups -OCH3 is 1. The number of likely N-dealkylation sites (tertiary alicyclic amines) is 2. The lowest BCUT2D eigenvalue weighted by Crippen LogP contribution is -2.49. The van der Waals surface area contributed by atoms with E-state index in [2.05, 4.69) is 58.5 Å². The van der Waals surface area contributed by atoms with Gasteiger partial charge in [0, 0.05) is 38.8 Å². The summed E-state index contributed by atoms with van der Waals surface area (Å²) in [5.41, 5.74) is 1.36. The van der Waals surface area contributed by atoms with Gasteiger partial charge < -0.3 is 20.3 Å². The Hall–Kier alpha value is -1.79. The highest BCUT2D eigenvalue weighted by Crippen LogP contribution is 2.20. The second-order valence-electron chi connectivity index (χ2n) is 9.05. The zero-order chi connectivity index (χ0) is 21.9. The summed E-state index contributed by atoms with van der Waals surface area (Å²) >= 11 is 0. The van der Waals surface area contributed by atoms with Crippen molar-refractivity contribution < 1.29 is 4.74 Å².